The number of nitrogen functional groups attached to an aromatic ring is 2. The maximum Gasteiger partial charge on any atom is 0.127 e. The minimum atomic E-state index is 0.615. The van der Waals surface area contributed by atoms with E-state index in [4.69, 9.17) is 16.2 Å². The SMILES string of the molecule is CCOc1ccc(N)cc1-c1ccccc1N. The van der Waals surface area contributed by atoms with Crippen LogP contribution >= 0.6 is 0 Å². The lowest BCUT2D eigenvalue weighted by Crippen LogP contribution is -1.97. The number of anilines is 2. The van der Waals surface area contributed by atoms with Crippen molar-refractivity contribution in [3.05, 3.63) is 42.5 Å². The standard InChI is InChI=1S/C14H16N2O/c1-2-17-14-8-7-10(15)9-12(14)11-5-3-4-6-13(11)16/h3-9H,2,15-16H2,1H3. The van der Waals surface area contributed by atoms with Crippen LogP contribution in [0.2, 0.25) is 0 Å². The van der Waals surface area contributed by atoms with Crippen molar-refractivity contribution in [2.45, 2.75) is 6.92 Å². The van der Waals surface area contributed by atoms with E-state index in [1.807, 2.05) is 49.4 Å². The summed E-state index contributed by atoms with van der Waals surface area (Å²) in [5.74, 6) is 0.805. The second-order valence-electron chi connectivity index (χ2n) is 3.78. The first kappa shape index (κ1) is 11.3. The van der Waals surface area contributed by atoms with E-state index in [9.17, 15) is 0 Å². The van der Waals surface area contributed by atoms with Gasteiger partial charge in [-0.15, -0.1) is 0 Å². The molecule has 0 atom stereocenters. The summed E-state index contributed by atoms with van der Waals surface area (Å²) in [6.45, 7) is 2.57. The molecule has 3 heteroatoms. The van der Waals surface area contributed by atoms with Crippen LogP contribution in [0.1, 0.15) is 6.92 Å². The molecular weight excluding hydrogens is 212 g/mol. The number of rotatable bonds is 3. The van der Waals surface area contributed by atoms with Gasteiger partial charge in [-0.25, -0.2) is 0 Å². The molecule has 0 spiro atoms. The second-order valence-corrected chi connectivity index (χ2v) is 3.78. The summed E-state index contributed by atoms with van der Waals surface area (Å²) in [4.78, 5) is 0. The molecule has 0 unspecified atom stereocenters. The van der Waals surface area contributed by atoms with Crippen molar-refractivity contribution in [2.75, 3.05) is 18.1 Å². The van der Waals surface area contributed by atoms with Crippen LogP contribution in [-0.2, 0) is 0 Å². The number of para-hydroxylation sites is 1. The molecule has 4 N–H and O–H groups in total. The van der Waals surface area contributed by atoms with Gasteiger partial charge in [-0.1, -0.05) is 18.2 Å². The highest BCUT2D eigenvalue weighted by molar-refractivity contribution is 5.82. The van der Waals surface area contributed by atoms with Crippen molar-refractivity contribution in [1.82, 2.24) is 0 Å². The number of hydrogen-bond donors (Lipinski definition) is 2. The maximum absolute atomic E-state index is 5.97. The Hall–Kier alpha value is -2.16. The molecule has 2 rings (SSSR count). The van der Waals surface area contributed by atoms with Gasteiger partial charge in [0.25, 0.3) is 0 Å². The van der Waals surface area contributed by atoms with Gasteiger partial charge < -0.3 is 16.2 Å². The third kappa shape index (κ3) is 2.33. The third-order valence-corrected chi connectivity index (χ3v) is 2.55. The van der Waals surface area contributed by atoms with Crippen LogP contribution in [0, 0.1) is 0 Å². The molecule has 0 aromatic heterocycles. The molecule has 0 aliphatic rings. The molecule has 0 saturated carbocycles. The molecule has 0 fully saturated rings. The lowest BCUT2D eigenvalue weighted by atomic mass is 10.0. The van der Waals surface area contributed by atoms with Crippen molar-refractivity contribution in [2.24, 2.45) is 0 Å². The van der Waals surface area contributed by atoms with Gasteiger partial charge in [-0.3, -0.25) is 0 Å². The molecule has 2 aromatic rings. The molecule has 3 nitrogen and oxygen atoms in total. The van der Waals surface area contributed by atoms with E-state index in [1.54, 1.807) is 0 Å². The first-order valence-electron chi connectivity index (χ1n) is 5.59. The Morgan fingerprint density at radius 3 is 2.47 bits per heavy atom. The summed E-state index contributed by atoms with van der Waals surface area (Å²) < 4.78 is 5.59. The average molecular weight is 228 g/mol. The van der Waals surface area contributed by atoms with Crippen LogP contribution in [0.3, 0.4) is 0 Å². The van der Waals surface area contributed by atoms with E-state index < -0.39 is 0 Å². The Labute approximate surface area is 101 Å². The topological polar surface area (TPSA) is 61.3 Å². The van der Waals surface area contributed by atoms with E-state index in [0.29, 0.717) is 12.3 Å². The molecule has 0 heterocycles. The van der Waals surface area contributed by atoms with Crippen LogP contribution in [-0.4, -0.2) is 6.61 Å². The van der Waals surface area contributed by atoms with Crippen molar-refractivity contribution >= 4 is 11.4 Å². The third-order valence-electron chi connectivity index (χ3n) is 2.55. The second kappa shape index (κ2) is 4.78. The summed E-state index contributed by atoms with van der Waals surface area (Å²) in [5.41, 5.74) is 15.1. The predicted molar refractivity (Wildman–Crippen MR) is 71.9 cm³/mol. The van der Waals surface area contributed by atoms with E-state index in [0.717, 1.165) is 22.6 Å². The van der Waals surface area contributed by atoms with Crippen molar-refractivity contribution in [3.8, 4) is 16.9 Å². The first-order chi connectivity index (χ1) is 8.22. The smallest absolute Gasteiger partial charge is 0.127 e. The molecule has 2 aromatic carbocycles. The zero-order valence-corrected chi connectivity index (χ0v) is 9.81. The fourth-order valence-corrected chi connectivity index (χ4v) is 1.78. The minimum Gasteiger partial charge on any atom is -0.493 e. The fraction of sp³-hybridized carbons (Fsp3) is 0.143. The Bertz CT molecular complexity index is 523. The summed E-state index contributed by atoms with van der Waals surface area (Å²) >= 11 is 0. The molecule has 17 heavy (non-hydrogen) atoms. The van der Waals surface area contributed by atoms with Gasteiger partial charge in [-0.05, 0) is 31.2 Å². The van der Waals surface area contributed by atoms with Gasteiger partial charge in [0.1, 0.15) is 5.75 Å². The quantitative estimate of drug-likeness (QED) is 0.794. The fourth-order valence-electron chi connectivity index (χ4n) is 1.78. The predicted octanol–water partition coefficient (Wildman–Crippen LogP) is 2.92. The highest BCUT2D eigenvalue weighted by Crippen LogP contribution is 2.35. The molecule has 0 aliphatic carbocycles. The molecule has 0 amide bonds. The van der Waals surface area contributed by atoms with Gasteiger partial charge >= 0.3 is 0 Å². The zero-order valence-electron chi connectivity index (χ0n) is 9.81. The largest absolute Gasteiger partial charge is 0.493 e. The van der Waals surface area contributed by atoms with E-state index in [2.05, 4.69) is 0 Å². The molecule has 88 valence electrons. The summed E-state index contributed by atoms with van der Waals surface area (Å²) in [6, 6.07) is 13.3. The van der Waals surface area contributed by atoms with Crippen molar-refractivity contribution in [3.63, 3.8) is 0 Å². The Balaban J connectivity index is 2.57. The van der Waals surface area contributed by atoms with Crippen LogP contribution in [0.4, 0.5) is 11.4 Å². The zero-order chi connectivity index (χ0) is 12.3. The number of nitrogens with two attached hydrogens (primary N) is 2. The van der Waals surface area contributed by atoms with Gasteiger partial charge in [-0.2, -0.15) is 0 Å². The first-order valence-corrected chi connectivity index (χ1v) is 5.59. The molecule has 0 aliphatic heterocycles. The molecule has 0 radical (unpaired) electrons. The summed E-state index contributed by atoms with van der Waals surface area (Å²) in [6.07, 6.45) is 0. The normalized spacial score (nSPS) is 10.2. The van der Waals surface area contributed by atoms with E-state index in [-0.39, 0.29) is 0 Å². The van der Waals surface area contributed by atoms with Crippen LogP contribution in [0.25, 0.3) is 11.1 Å². The monoisotopic (exact) mass is 228 g/mol. The summed E-state index contributed by atoms with van der Waals surface area (Å²) in [7, 11) is 0. The molecular formula is C14H16N2O. The van der Waals surface area contributed by atoms with E-state index >= 15 is 0 Å². The average Bonchev–Trinajstić information content (AvgIpc) is 2.32. The van der Waals surface area contributed by atoms with Crippen molar-refractivity contribution < 1.29 is 4.74 Å². The lowest BCUT2D eigenvalue weighted by molar-refractivity contribution is 0.341. The maximum atomic E-state index is 5.97. The van der Waals surface area contributed by atoms with Gasteiger partial charge in [0.05, 0.1) is 6.61 Å². The van der Waals surface area contributed by atoms with Crippen molar-refractivity contribution in [1.29, 1.82) is 0 Å². The highest BCUT2D eigenvalue weighted by atomic mass is 16.5. The van der Waals surface area contributed by atoms with Crippen LogP contribution in [0.15, 0.2) is 42.5 Å². The Kier molecular flexibility index (Phi) is 3.19. The van der Waals surface area contributed by atoms with Crippen LogP contribution in [0.5, 0.6) is 5.75 Å². The number of benzene rings is 2. The highest BCUT2D eigenvalue weighted by Gasteiger charge is 2.09. The minimum absolute atomic E-state index is 0.615. The van der Waals surface area contributed by atoms with E-state index in [1.165, 1.54) is 0 Å². The molecule has 0 bridgehead atoms. The molecule has 0 saturated heterocycles. The van der Waals surface area contributed by atoms with Crippen LogP contribution < -0.4 is 16.2 Å². The van der Waals surface area contributed by atoms with Gasteiger partial charge in [0.2, 0.25) is 0 Å². The van der Waals surface area contributed by atoms with Gasteiger partial charge in [0.15, 0.2) is 0 Å². The van der Waals surface area contributed by atoms with Gasteiger partial charge in [0, 0.05) is 22.5 Å². The lowest BCUT2D eigenvalue weighted by Gasteiger charge is -2.12. The number of ether oxygens (including phenoxy) is 1. The Morgan fingerprint density at radius 1 is 1.00 bits per heavy atom. The summed E-state index contributed by atoms with van der Waals surface area (Å²) in [5, 5.41) is 0. The Morgan fingerprint density at radius 2 is 1.76 bits per heavy atom. The number of hydrogen-bond acceptors (Lipinski definition) is 3.